The molecule has 4 heterocycles. The first-order chi connectivity index (χ1) is 11.0. The smallest absolute Gasteiger partial charge is 0.176 e. The predicted molar refractivity (Wildman–Crippen MR) is 97.8 cm³/mol. The largest absolute Gasteiger partial charge is 0.217 e. The highest BCUT2D eigenvalue weighted by Gasteiger charge is 2.07. The summed E-state index contributed by atoms with van der Waals surface area (Å²) in [5.74, 6) is 0. The van der Waals surface area contributed by atoms with Crippen LogP contribution in [0.1, 0.15) is 7.43 Å². The van der Waals surface area contributed by atoms with Crippen LogP contribution in [-0.4, -0.2) is 29.2 Å². The molecule has 4 aromatic heterocycles. The van der Waals surface area contributed by atoms with Gasteiger partial charge in [-0.05, 0) is 0 Å². The second-order valence-electron chi connectivity index (χ2n) is 4.13. The van der Waals surface area contributed by atoms with Gasteiger partial charge in [0, 0.05) is 18.2 Å². The summed E-state index contributed by atoms with van der Waals surface area (Å²) in [5.41, 5.74) is 1.12. The minimum Gasteiger partial charge on any atom is -0.217 e. The molecular formula is C13H9Cl5N6. The van der Waals surface area contributed by atoms with Gasteiger partial charge in [-0.3, -0.25) is 0 Å². The highest BCUT2D eigenvalue weighted by atomic mass is 35.5. The SMILES string of the molecule is C.Clc1cc(Cl)n2ncc(Cl)c2n1.Clc1cc(Cl)n2nccc2n1. The number of aromatic nitrogens is 6. The van der Waals surface area contributed by atoms with Gasteiger partial charge in [0.05, 0.1) is 12.4 Å². The van der Waals surface area contributed by atoms with E-state index < -0.39 is 0 Å². The average molecular weight is 427 g/mol. The molecule has 126 valence electrons. The lowest BCUT2D eigenvalue weighted by Crippen LogP contribution is -1.91. The maximum atomic E-state index is 5.79. The Morgan fingerprint density at radius 2 is 1.42 bits per heavy atom. The fourth-order valence-corrected chi connectivity index (χ4v) is 2.83. The van der Waals surface area contributed by atoms with Crippen molar-refractivity contribution in [1.82, 2.24) is 29.2 Å². The topological polar surface area (TPSA) is 60.4 Å². The van der Waals surface area contributed by atoms with Gasteiger partial charge in [0.25, 0.3) is 0 Å². The summed E-state index contributed by atoms with van der Waals surface area (Å²) in [7, 11) is 0. The van der Waals surface area contributed by atoms with Crippen molar-refractivity contribution in [2.75, 3.05) is 0 Å². The lowest BCUT2D eigenvalue weighted by Gasteiger charge is -1.96. The average Bonchev–Trinajstić information content (AvgIpc) is 3.07. The zero-order valence-electron chi connectivity index (χ0n) is 11.0. The first-order valence-corrected chi connectivity index (χ1v) is 7.86. The fourth-order valence-electron chi connectivity index (χ4n) is 1.72. The third-order valence-electron chi connectivity index (χ3n) is 2.64. The molecule has 0 saturated carbocycles. The Morgan fingerprint density at radius 3 is 2.12 bits per heavy atom. The standard InChI is InChI=1S/C6H2Cl3N3.C6H3Cl2N3.CH4/c7-3-2-10-12-5(9)1-4(8)11-6(3)12;7-4-3-5(8)11-6(10-4)1-2-9-11;/h1-2H;1-3H;1H4. The van der Waals surface area contributed by atoms with Crippen LogP contribution >= 0.6 is 58.0 Å². The Kier molecular flexibility index (Phi) is 6.11. The number of fused-ring (bicyclic) bond motifs is 2. The molecule has 4 rings (SSSR count). The second kappa shape index (κ2) is 7.72. The number of hydrogen-bond acceptors (Lipinski definition) is 4. The van der Waals surface area contributed by atoms with E-state index in [-0.39, 0.29) is 7.43 Å². The maximum absolute atomic E-state index is 5.79. The molecule has 6 nitrogen and oxygen atoms in total. The van der Waals surface area contributed by atoms with Crippen LogP contribution in [0, 0.1) is 0 Å². The van der Waals surface area contributed by atoms with E-state index in [4.69, 9.17) is 58.0 Å². The maximum Gasteiger partial charge on any atom is 0.176 e. The Balaban J connectivity index is 0.000000167. The van der Waals surface area contributed by atoms with Gasteiger partial charge in [-0.1, -0.05) is 65.4 Å². The quantitative estimate of drug-likeness (QED) is 0.355. The van der Waals surface area contributed by atoms with Crippen molar-refractivity contribution in [3.63, 3.8) is 0 Å². The molecule has 0 fully saturated rings. The first-order valence-electron chi connectivity index (χ1n) is 5.97. The van der Waals surface area contributed by atoms with Crippen LogP contribution < -0.4 is 0 Å². The normalized spacial score (nSPS) is 10.4. The Labute approximate surface area is 161 Å². The summed E-state index contributed by atoms with van der Waals surface area (Å²) < 4.78 is 2.92. The van der Waals surface area contributed by atoms with Crippen LogP contribution in [0.4, 0.5) is 0 Å². The van der Waals surface area contributed by atoms with Gasteiger partial charge >= 0.3 is 0 Å². The molecule has 24 heavy (non-hydrogen) atoms. The molecule has 0 N–H and O–H groups in total. The van der Waals surface area contributed by atoms with E-state index in [9.17, 15) is 0 Å². The van der Waals surface area contributed by atoms with Gasteiger partial charge in [-0.15, -0.1) is 0 Å². The fraction of sp³-hybridized carbons (Fsp3) is 0.0769. The van der Waals surface area contributed by atoms with Crippen molar-refractivity contribution in [3.05, 3.63) is 56.2 Å². The van der Waals surface area contributed by atoms with E-state index in [1.54, 1.807) is 18.3 Å². The molecular weight excluding hydrogens is 417 g/mol. The summed E-state index contributed by atoms with van der Waals surface area (Å²) >= 11 is 28.6. The Hall–Kier alpha value is -1.31. The molecule has 0 saturated heterocycles. The third-order valence-corrected chi connectivity index (χ3v) is 3.83. The summed E-state index contributed by atoms with van der Waals surface area (Å²) in [6.07, 6.45) is 3.08. The first kappa shape index (κ1) is 19.0. The zero-order valence-corrected chi connectivity index (χ0v) is 14.7. The van der Waals surface area contributed by atoms with Crippen LogP contribution in [0.25, 0.3) is 11.3 Å². The lowest BCUT2D eigenvalue weighted by atomic mass is 10.6. The van der Waals surface area contributed by atoms with Crippen molar-refractivity contribution in [3.8, 4) is 0 Å². The predicted octanol–water partition coefficient (Wildman–Crippen LogP) is 5.36. The van der Waals surface area contributed by atoms with Crippen molar-refractivity contribution in [2.24, 2.45) is 0 Å². The number of rotatable bonds is 0. The lowest BCUT2D eigenvalue weighted by molar-refractivity contribution is 0.940. The summed E-state index contributed by atoms with van der Waals surface area (Å²) in [4.78, 5) is 7.92. The highest BCUT2D eigenvalue weighted by Crippen LogP contribution is 2.21. The second-order valence-corrected chi connectivity index (χ2v) is 6.09. The minimum atomic E-state index is 0. The minimum absolute atomic E-state index is 0. The summed E-state index contributed by atoms with van der Waals surface area (Å²) in [5, 5.41) is 9.77. The van der Waals surface area contributed by atoms with E-state index in [2.05, 4.69) is 20.2 Å². The van der Waals surface area contributed by atoms with Crippen LogP contribution in [0.15, 0.2) is 30.6 Å². The Bertz CT molecular complexity index is 995. The van der Waals surface area contributed by atoms with Crippen LogP contribution in [0.3, 0.4) is 0 Å². The molecule has 0 spiro atoms. The van der Waals surface area contributed by atoms with E-state index in [0.717, 1.165) is 0 Å². The van der Waals surface area contributed by atoms with Crippen LogP contribution in [-0.2, 0) is 0 Å². The summed E-state index contributed by atoms with van der Waals surface area (Å²) in [6.45, 7) is 0. The molecule has 4 aromatic rings. The summed E-state index contributed by atoms with van der Waals surface area (Å²) in [6, 6.07) is 4.78. The highest BCUT2D eigenvalue weighted by molar-refractivity contribution is 6.36. The van der Waals surface area contributed by atoms with Gasteiger partial charge in [0.1, 0.15) is 25.6 Å². The number of hydrogen-bond donors (Lipinski definition) is 0. The van der Waals surface area contributed by atoms with Crippen LogP contribution in [0.5, 0.6) is 0 Å². The molecule has 0 aliphatic heterocycles. The molecule has 0 atom stereocenters. The van der Waals surface area contributed by atoms with Crippen molar-refractivity contribution in [2.45, 2.75) is 7.43 Å². The van der Waals surface area contributed by atoms with Crippen molar-refractivity contribution >= 4 is 69.3 Å². The monoisotopic (exact) mass is 424 g/mol. The zero-order chi connectivity index (χ0) is 16.6. The van der Waals surface area contributed by atoms with E-state index in [1.165, 1.54) is 21.3 Å². The number of halogens is 5. The molecule has 0 bridgehead atoms. The number of nitrogens with zero attached hydrogens (tertiary/aromatic N) is 6. The van der Waals surface area contributed by atoms with Gasteiger partial charge in [0.2, 0.25) is 0 Å². The molecule has 11 heteroatoms. The third kappa shape index (κ3) is 3.84. The Morgan fingerprint density at radius 1 is 0.792 bits per heavy atom. The van der Waals surface area contributed by atoms with Gasteiger partial charge in [-0.25, -0.2) is 19.0 Å². The molecule has 0 aromatic carbocycles. The van der Waals surface area contributed by atoms with Gasteiger partial charge < -0.3 is 0 Å². The van der Waals surface area contributed by atoms with Crippen molar-refractivity contribution < 1.29 is 0 Å². The molecule has 0 aliphatic carbocycles. The molecule has 0 amide bonds. The van der Waals surface area contributed by atoms with Gasteiger partial charge in [-0.2, -0.15) is 10.2 Å². The molecule has 0 radical (unpaired) electrons. The van der Waals surface area contributed by atoms with E-state index >= 15 is 0 Å². The molecule has 0 unspecified atom stereocenters. The van der Waals surface area contributed by atoms with E-state index in [0.29, 0.717) is 36.9 Å². The van der Waals surface area contributed by atoms with Gasteiger partial charge in [0.15, 0.2) is 11.3 Å². The van der Waals surface area contributed by atoms with Crippen molar-refractivity contribution in [1.29, 1.82) is 0 Å². The molecule has 0 aliphatic rings. The van der Waals surface area contributed by atoms with E-state index in [1.807, 2.05) is 0 Å². The van der Waals surface area contributed by atoms with Crippen LogP contribution in [0.2, 0.25) is 25.6 Å².